The third-order valence-electron chi connectivity index (χ3n) is 3.04. The Morgan fingerprint density at radius 1 is 1.56 bits per heavy atom. The third kappa shape index (κ3) is 3.53. The summed E-state index contributed by atoms with van der Waals surface area (Å²) in [5, 5.41) is 3.27. The number of pyridine rings is 1. The average molecular weight is 248 g/mol. The van der Waals surface area contributed by atoms with Crippen molar-refractivity contribution in [3.8, 4) is 5.75 Å². The second-order valence-corrected chi connectivity index (χ2v) is 5.06. The van der Waals surface area contributed by atoms with Gasteiger partial charge in [0.25, 0.3) is 0 Å². The van der Waals surface area contributed by atoms with E-state index in [0.717, 1.165) is 19.5 Å². The second-order valence-electron chi connectivity index (χ2n) is 5.06. The highest BCUT2D eigenvalue weighted by atomic mass is 16.5. The van der Waals surface area contributed by atoms with E-state index in [2.05, 4.69) is 10.3 Å². The number of rotatable bonds is 5. The number of hydrogen-bond acceptors (Lipinski definition) is 4. The van der Waals surface area contributed by atoms with Crippen molar-refractivity contribution in [2.45, 2.75) is 32.8 Å². The van der Waals surface area contributed by atoms with E-state index >= 15 is 0 Å². The molecule has 2 rings (SSSR count). The van der Waals surface area contributed by atoms with Crippen LogP contribution in [0.2, 0.25) is 0 Å². The Morgan fingerprint density at radius 3 is 3.06 bits per heavy atom. The van der Waals surface area contributed by atoms with E-state index < -0.39 is 0 Å². The molecule has 1 unspecified atom stereocenters. The molecule has 0 aromatic carbocycles. The molecule has 1 aliphatic rings. The van der Waals surface area contributed by atoms with E-state index in [1.54, 1.807) is 18.5 Å². The fourth-order valence-corrected chi connectivity index (χ4v) is 2.18. The Bertz CT molecular complexity index is 412. The molecule has 1 aliphatic heterocycles. The molecule has 1 aromatic rings. The average Bonchev–Trinajstić information content (AvgIpc) is 2.81. The van der Waals surface area contributed by atoms with Gasteiger partial charge in [-0.3, -0.25) is 9.78 Å². The molecule has 4 heteroatoms. The number of aromatic nitrogens is 1. The van der Waals surface area contributed by atoms with Crippen molar-refractivity contribution < 1.29 is 9.53 Å². The molecule has 1 aromatic heterocycles. The van der Waals surface area contributed by atoms with Gasteiger partial charge in [0.05, 0.1) is 12.3 Å². The van der Waals surface area contributed by atoms with Crippen LogP contribution in [0.3, 0.4) is 0 Å². The van der Waals surface area contributed by atoms with Gasteiger partial charge in [-0.1, -0.05) is 0 Å². The molecular formula is C14H20N2O2. The fraction of sp³-hybridized carbons (Fsp3) is 0.571. The van der Waals surface area contributed by atoms with Gasteiger partial charge in [0.15, 0.2) is 5.78 Å². The standard InChI is InChI=1S/C14H20N2O2/c1-10(2)18-13-6-12(8-16-9-13)14(17)5-11-3-4-15-7-11/h6,8-11,15H,3-5,7H2,1-2H3. The van der Waals surface area contributed by atoms with E-state index in [1.807, 2.05) is 13.8 Å². The van der Waals surface area contributed by atoms with Crippen molar-refractivity contribution in [3.05, 3.63) is 24.0 Å². The molecule has 18 heavy (non-hydrogen) atoms. The molecule has 0 spiro atoms. The molecule has 0 aliphatic carbocycles. The monoisotopic (exact) mass is 248 g/mol. The highest BCUT2D eigenvalue weighted by Crippen LogP contribution is 2.18. The van der Waals surface area contributed by atoms with Crippen LogP contribution in [0.15, 0.2) is 18.5 Å². The number of carbonyl (C=O) groups excluding carboxylic acids is 1. The van der Waals surface area contributed by atoms with Gasteiger partial charge in [-0.15, -0.1) is 0 Å². The van der Waals surface area contributed by atoms with Crippen molar-refractivity contribution in [2.75, 3.05) is 13.1 Å². The Labute approximate surface area is 108 Å². The Morgan fingerprint density at radius 2 is 2.39 bits per heavy atom. The van der Waals surface area contributed by atoms with Gasteiger partial charge in [-0.2, -0.15) is 0 Å². The summed E-state index contributed by atoms with van der Waals surface area (Å²) >= 11 is 0. The van der Waals surface area contributed by atoms with Crippen molar-refractivity contribution >= 4 is 5.78 Å². The number of ether oxygens (including phenoxy) is 1. The quantitative estimate of drug-likeness (QED) is 0.810. The summed E-state index contributed by atoms with van der Waals surface area (Å²) in [6.45, 7) is 5.88. The van der Waals surface area contributed by atoms with E-state index in [1.165, 1.54) is 0 Å². The lowest BCUT2D eigenvalue weighted by Gasteiger charge is -2.11. The number of hydrogen-bond donors (Lipinski definition) is 1. The predicted octanol–water partition coefficient (Wildman–Crippen LogP) is 2.05. The van der Waals surface area contributed by atoms with Gasteiger partial charge in [-0.05, 0) is 45.3 Å². The second kappa shape index (κ2) is 5.96. The lowest BCUT2D eigenvalue weighted by Crippen LogP contribution is -2.13. The van der Waals surface area contributed by atoms with E-state index in [0.29, 0.717) is 23.7 Å². The van der Waals surface area contributed by atoms with Crippen LogP contribution in [0.25, 0.3) is 0 Å². The van der Waals surface area contributed by atoms with E-state index in [-0.39, 0.29) is 11.9 Å². The first-order valence-electron chi connectivity index (χ1n) is 6.51. The maximum atomic E-state index is 12.1. The molecule has 1 N–H and O–H groups in total. The summed E-state index contributed by atoms with van der Waals surface area (Å²) in [6.07, 6.45) is 5.05. The summed E-state index contributed by atoms with van der Waals surface area (Å²) in [5.41, 5.74) is 0.653. The SMILES string of the molecule is CC(C)Oc1cncc(C(=O)CC2CCNC2)c1. The fourth-order valence-electron chi connectivity index (χ4n) is 2.18. The smallest absolute Gasteiger partial charge is 0.164 e. The molecule has 4 nitrogen and oxygen atoms in total. The number of nitrogens with zero attached hydrogens (tertiary/aromatic N) is 1. The maximum absolute atomic E-state index is 12.1. The zero-order valence-electron chi connectivity index (χ0n) is 11.0. The molecular weight excluding hydrogens is 228 g/mol. The minimum absolute atomic E-state index is 0.0937. The van der Waals surface area contributed by atoms with Crippen LogP contribution in [0, 0.1) is 5.92 Å². The normalized spacial score (nSPS) is 19.2. The van der Waals surface area contributed by atoms with Crippen LogP contribution in [-0.2, 0) is 0 Å². The van der Waals surface area contributed by atoms with Crippen LogP contribution in [-0.4, -0.2) is 30.0 Å². The zero-order valence-corrected chi connectivity index (χ0v) is 11.0. The minimum Gasteiger partial charge on any atom is -0.489 e. The minimum atomic E-state index is 0.0937. The summed E-state index contributed by atoms with van der Waals surface area (Å²) in [6, 6.07) is 1.79. The van der Waals surface area contributed by atoms with Crippen LogP contribution in [0.1, 0.15) is 37.0 Å². The first-order chi connectivity index (χ1) is 8.65. The summed E-state index contributed by atoms with van der Waals surface area (Å²) < 4.78 is 5.55. The highest BCUT2D eigenvalue weighted by Gasteiger charge is 2.19. The molecule has 0 bridgehead atoms. The Balaban J connectivity index is 2.00. The van der Waals surface area contributed by atoms with E-state index in [4.69, 9.17) is 4.74 Å². The van der Waals surface area contributed by atoms with E-state index in [9.17, 15) is 4.79 Å². The molecule has 1 atom stereocenters. The Kier molecular flexibility index (Phi) is 4.31. The van der Waals surface area contributed by atoms with Crippen molar-refractivity contribution in [1.82, 2.24) is 10.3 Å². The zero-order chi connectivity index (χ0) is 13.0. The van der Waals surface area contributed by atoms with Gasteiger partial charge in [0.1, 0.15) is 5.75 Å². The van der Waals surface area contributed by atoms with Crippen molar-refractivity contribution in [3.63, 3.8) is 0 Å². The van der Waals surface area contributed by atoms with Crippen LogP contribution < -0.4 is 10.1 Å². The van der Waals surface area contributed by atoms with Crippen molar-refractivity contribution in [1.29, 1.82) is 0 Å². The lowest BCUT2D eigenvalue weighted by molar-refractivity contribution is 0.0963. The molecule has 0 radical (unpaired) electrons. The number of ketones is 1. The largest absolute Gasteiger partial charge is 0.489 e. The highest BCUT2D eigenvalue weighted by molar-refractivity contribution is 5.96. The molecule has 0 saturated carbocycles. The van der Waals surface area contributed by atoms with Gasteiger partial charge in [0, 0.05) is 18.2 Å². The first-order valence-corrected chi connectivity index (χ1v) is 6.51. The number of nitrogens with one attached hydrogen (secondary N) is 1. The van der Waals surface area contributed by atoms with Gasteiger partial charge in [0.2, 0.25) is 0 Å². The molecule has 2 heterocycles. The number of Topliss-reactive ketones (excluding diaryl/α,β-unsaturated/α-hetero) is 1. The summed E-state index contributed by atoms with van der Waals surface area (Å²) in [7, 11) is 0. The summed E-state index contributed by atoms with van der Waals surface area (Å²) in [5.74, 6) is 1.29. The van der Waals surface area contributed by atoms with Crippen LogP contribution >= 0.6 is 0 Å². The lowest BCUT2D eigenvalue weighted by atomic mass is 9.98. The summed E-state index contributed by atoms with van der Waals surface area (Å²) in [4.78, 5) is 16.2. The van der Waals surface area contributed by atoms with Gasteiger partial charge in [-0.25, -0.2) is 0 Å². The maximum Gasteiger partial charge on any atom is 0.164 e. The molecule has 1 saturated heterocycles. The van der Waals surface area contributed by atoms with Crippen LogP contribution in [0.4, 0.5) is 0 Å². The third-order valence-corrected chi connectivity index (χ3v) is 3.04. The predicted molar refractivity (Wildman–Crippen MR) is 69.9 cm³/mol. The van der Waals surface area contributed by atoms with Gasteiger partial charge >= 0.3 is 0 Å². The van der Waals surface area contributed by atoms with Gasteiger partial charge < -0.3 is 10.1 Å². The molecule has 0 amide bonds. The van der Waals surface area contributed by atoms with Crippen molar-refractivity contribution in [2.24, 2.45) is 5.92 Å². The number of carbonyl (C=O) groups is 1. The molecule has 1 fully saturated rings. The first kappa shape index (κ1) is 13.0. The topological polar surface area (TPSA) is 51.2 Å². The Hall–Kier alpha value is -1.42. The molecule has 98 valence electrons. The van der Waals surface area contributed by atoms with Crippen LogP contribution in [0.5, 0.6) is 5.75 Å².